The third-order valence-electron chi connectivity index (χ3n) is 11.2. The van der Waals surface area contributed by atoms with Crippen molar-refractivity contribution in [2.75, 3.05) is 11.4 Å². The molecule has 6 aromatic carbocycles. The second-order valence-electron chi connectivity index (χ2n) is 14.9. The highest BCUT2D eigenvalue weighted by Gasteiger charge is 2.43. The molecule has 5 heteroatoms. The minimum atomic E-state index is -0.231. The fourth-order valence-electron chi connectivity index (χ4n) is 8.59. The molecule has 0 amide bonds. The summed E-state index contributed by atoms with van der Waals surface area (Å²) in [4.78, 5) is 17.4. The highest BCUT2D eigenvalue weighted by Crippen LogP contribution is 2.55. The van der Waals surface area contributed by atoms with Gasteiger partial charge in [-0.25, -0.2) is 15.0 Å². The van der Waals surface area contributed by atoms with Crippen LogP contribution in [0, 0.1) is 0 Å². The summed E-state index contributed by atoms with van der Waals surface area (Å²) >= 11 is 0. The lowest BCUT2D eigenvalue weighted by atomic mass is 9.78. The van der Waals surface area contributed by atoms with Gasteiger partial charge in [-0.3, -0.25) is 0 Å². The Kier molecular flexibility index (Phi) is 7.96. The zero-order valence-electron chi connectivity index (χ0n) is 31.4. The van der Waals surface area contributed by atoms with Crippen LogP contribution in [0.1, 0.15) is 41.8 Å². The molecule has 0 bridgehead atoms. The van der Waals surface area contributed by atoms with Crippen LogP contribution in [0.15, 0.2) is 176 Å². The number of rotatable bonds is 5. The van der Waals surface area contributed by atoms with E-state index in [0.29, 0.717) is 24.0 Å². The predicted molar refractivity (Wildman–Crippen MR) is 230 cm³/mol. The third-order valence-corrected chi connectivity index (χ3v) is 11.2. The van der Waals surface area contributed by atoms with Gasteiger partial charge in [-0.1, -0.05) is 160 Å². The minimum absolute atomic E-state index is 0.231. The summed E-state index contributed by atoms with van der Waals surface area (Å²) in [6.45, 7) is 10.3. The summed E-state index contributed by atoms with van der Waals surface area (Å²) in [5.74, 6) is 1.90. The van der Waals surface area contributed by atoms with Crippen molar-refractivity contribution in [3.63, 3.8) is 0 Å². The van der Waals surface area contributed by atoms with E-state index in [0.717, 1.165) is 50.6 Å². The van der Waals surface area contributed by atoms with Crippen LogP contribution >= 0.6 is 0 Å². The molecule has 268 valence electrons. The lowest BCUT2D eigenvalue weighted by Gasteiger charge is -2.28. The van der Waals surface area contributed by atoms with E-state index in [1.54, 1.807) is 0 Å². The molecule has 0 saturated heterocycles. The van der Waals surface area contributed by atoms with Crippen LogP contribution in [0.2, 0.25) is 0 Å². The van der Waals surface area contributed by atoms with E-state index >= 15 is 0 Å². The molecule has 0 saturated carbocycles. The van der Waals surface area contributed by atoms with Gasteiger partial charge in [-0.05, 0) is 53.1 Å². The van der Waals surface area contributed by atoms with Gasteiger partial charge in [0.05, 0.1) is 11.4 Å². The molecule has 0 radical (unpaired) electrons. The van der Waals surface area contributed by atoms with Crippen LogP contribution in [-0.2, 0) is 5.41 Å². The summed E-state index contributed by atoms with van der Waals surface area (Å²) in [7, 11) is 0. The largest absolute Gasteiger partial charge is 0.337 e. The van der Waals surface area contributed by atoms with Gasteiger partial charge in [0.2, 0.25) is 0 Å². The standard InChI is InChI=1S/C51H39N5/c1-34-40-27-14-16-30-43(40)55(32-18-31-44-45(34)46-47(56(44)38-24-11-6-12-25-38)41-28-13-15-29-42(41)51(46,2)3)39-26-17-23-37(33-39)50-53-48(35-19-7-4-8-20-35)52-49(54-50)36-21-9-5-10-22-36/h4-31,33H,1,32H2,2-3H3/b31-18-. The van der Waals surface area contributed by atoms with Gasteiger partial charge >= 0.3 is 0 Å². The second-order valence-corrected chi connectivity index (χ2v) is 14.9. The van der Waals surface area contributed by atoms with Crippen molar-refractivity contribution in [1.29, 1.82) is 0 Å². The molecule has 0 spiro atoms. The zero-order chi connectivity index (χ0) is 37.8. The summed E-state index contributed by atoms with van der Waals surface area (Å²) in [5, 5.41) is 0. The van der Waals surface area contributed by atoms with E-state index in [2.05, 4.69) is 139 Å². The molecule has 0 N–H and O–H groups in total. The lowest BCUT2D eigenvalue weighted by Crippen LogP contribution is -2.19. The Bertz CT molecular complexity index is 2760. The molecule has 3 heterocycles. The van der Waals surface area contributed by atoms with Gasteiger partial charge in [0, 0.05) is 62.4 Å². The predicted octanol–water partition coefficient (Wildman–Crippen LogP) is 12.2. The molecule has 1 aliphatic heterocycles. The van der Waals surface area contributed by atoms with Gasteiger partial charge in [-0.2, -0.15) is 0 Å². The summed E-state index contributed by atoms with van der Waals surface area (Å²) < 4.78 is 2.45. The first kappa shape index (κ1) is 33.5. The molecule has 2 aliphatic rings. The normalized spacial score (nSPS) is 14.5. The Labute approximate surface area is 327 Å². The maximum absolute atomic E-state index is 5.04. The first-order valence-corrected chi connectivity index (χ1v) is 19.1. The highest BCUT2D eigenvalue weighted by atomic mass is 15.1. The first-order valence-electron chi connectivity index (χ1n) is 19.1. The number of anilines is 2. The smallest absolute Gasteiger partial charge is 0.164 e. The van der Waals surface area contributed by atoms with Crippen LogP contribution < -0.4 is 4.90 Å². The lowest BCUT2D eigenvalue weighted by molar-refractivity contribution is 0.659. The Hall–Kier alpha value is -7.11. The number of benzene rings is 6. The quantitative estimate of drug-likeness (QED) is 0.178. The van der Waals surface area contributed by atoms with E-state index in [1.807, 2.05) is 60.7 Å². The van der Waals surface area contributed by atoms with Crippen LogP contribution in [0.3, 0.4) is 0 Å². The topological polar surface area (TPSA) is 46.8 Å². The average molecular weight is 722 g/mol. The molecule has 56 heavy (non-hydrogen) atoms. The Morgan fingerprint density at radius 2 is 1.09 bits per heavy atom. The molecule has 0 fully saturated rings. The fourth-order valence-corrected chi connectivity index (χ4v) is 8.59. The zero-order valence-corrected chi connectivity index (χ0v) is 31.4. The van der Waals surface area contributed by atoms with Gasteiger partial charge in [0.1, 0.15) is 0 Å². The van der Waals surface area contributed by atoms with E-state index in [9.17, 15) is 0 Å². The SMILES string of the molecule is C=C1c2ccccc2N(c2cccc(-c3nc(-c4ccccc4)nc(-c4ccccc4)n3)c2)C/C=C\c2c1c1c(n2-c2ccccc2)-c2ccccc2C1(C)C. The van der Waals surface area contributed by atoms with E-state index in [1.165, 1.54) is 27.9 Å². The highest BCUT2D eigenvalue weighted by molar-refractivity contribution is 5.97. The Balaban J connectivity index is 1.13. The van der Waals surface area contributed by atoms with Crippen LogP contribution in [0.25, 0.3) is 62.8 Å². The molecule has 2 aromatic heterocycles. The van der Waals surface area contributed by atoms with Crippen molar-refractivity contribution in [2.24, 2.45) is 0 Å². The van der Waals surface area contributed by atoms with E-state index < -0.39 is 0 Å². The third kappa shape index (κ3) is 5.43. The van der Waals surface area contributed by atoms with Gasteiger partial charge in [0.25, 0.3) is 0 Å². The minimum Gasteiger partial charge on any atom is -0.337 e. The molecule has 10 rings (SSSR count). The van der Waals surface area contributed by atoms with Gasteiger partial charge in [0.15, 0.2) is 17.5 Å². The number of nitrogens with zero attached hydrogens (tertiary/aromatic N) is 5. The van der Waals surface area contributed by atoms with Crippen molar-refractivity contribution in [2.45, 2.75) is 19.3 Å². The molecule has 1 aliphatic carbocycles. The van der Waals surface area contributed by atoms with E-state index in [4.69, 9.17) is 21.5 Å². The summed E-state index contributed by atoms with van der Waals surface area (Å²) in [6.07, 6.45) is 4.59. The molecular formula is C51H39N5. The summed E-state index contributed by atoms with van der Waals surface area (Å²) in [5.41, 5.74) is 15.4. The molecule has 5 nitrogen and oxygen atoms in total. The monoisotopic (exact) mass is 721 g/mol. The fraction of sp³-hybridized carbons (Fsp3) is 0.0784. The second kappa shape index (κ2) is 13.3. The number of hydrogen-bond donors (Lipinski definition) is 0. The van der Waals surface area contributed by atoms with Crippen molar-refractivity contribution >= 4 is 23.0 Å². The van der Waals surface area contributed by atoms with Crippen LogP contribution in [-0.4, -0.2) is 26.1 Å². The van der Waals surface area contributed by atoms with Crippen molar-refractivity contribution in [1.82, 2.24) is 19.5 Å². The van der Waals surface area contributed by atoms with Crippen molar-refractivity contribution in [3.8, 4) is 51.1 Å². The Morgan fingerprint density at radius 3 is 1.77 bits per heavy atom. The number of hydrogen-bond acceptors (Lipinski definition) is 4. The number of aromatic nitrogens is 4. The number of fused-ring (bicyclic) bond motifs is 6. The molecular weight excluding hydrogens is 683 g/mol. The van der Waals surface area contributed by atoms with Crippen molar-refractivity contribution < 1.29 is 0 Å². The van der Waals surface area contributed by atoms with Crippen LogP contribution in [0.5, 0.6) is 0 Å². The van der Waals surface area contributed by atoms with Gasteiger partial charge < -0.3 is 9.47 Å². The number of para-hydroxylation sites is 2. The maximum atomic E-state index is 5.04. The van der Waals surface area contributed by atoms with Gasteiger partial charge in [-0.15, -0.1) is 0 Å². The average Bonchev–Trinajstić information content (AvgIpc) is 3.73. The molecule has 0 unspecified atom stereocenters. The molecule has 8 aromatic rings. The summed E-state index contributed by atoms with van der Waals surface area (Å²) in [6, 6.07) is 57.0. The van der Waals surface area contributed by atoms with E-state index in [-0.39, 0.29) is 5.41 Å². The molecule has 0 atom stereocenters. The Morgan fingerprint density at radius 1 is 0.554 bits per heavy atom. The first-order chi connectivity index (χ1) is 27.5. The maximum Gasteiger partial charge on any atom is 0.164 e. The van der Waals surface area contributed by atoms with Crippen LogP contribution in [0.4, 0.5) is 11.4 Å². The van der Waals surface area contributed by atoms with Crippen molar-refractivity contribution in [3.05, 3.63) is 204 Å².